The van der Waals surface area contributed by atoms with Crippen molar-refractivity contribution >= 4 is 5.91 Å². The number of hydrogen-bond donors (Lipinski definition) is 2. The molecule has 1 fully saturated rings. The van der Waals surface area contributed by atoms with E-state index in [1.165, 1.54) is 0 Å². The van der Waals surface area contributed by atoms with Gasteiger partial charge in [-0.1, -0.05) is 18.2 Å². The third-order valence-corrected chi connectivity index (χ3v) is 4.25. The summed E-state index contributed by atoms with van der Waals surface area (Å²) in [5, 5.41) is 10.6. The lowest BCUT2D eigenvalue weighted by Gasteiger charge is -2.20. The first kappa shape index (κ1) is 15.7. The predicted octanol–water partition coefficient (Wildman–Crippen LogP) is 1.43. The van der Waals surface area contributed by atoms with Gasteiger partial charge in [-0.25, -0.2) is 4.68 Å². The van der Waals surface area contributed by atoms with Crippen LogP contribution in [0, 0.1) is 0 Å². The van der Waals surface area contributed by atoms with E-state index in [1.54, 1.807) is 13.3 Å². The molecule has 1 aliphatic heterocycles. The molecule has 1 aromatic heterocycles. The molecule has 2 heterocycles. The molecule has 3 atom stereocenters. The highest BCUT2D eigenvalue weighted by molar-refractivity contribution is 5.82. The molecule has 0 bridgehead atoms. The monoisotopic (exact) mass is 314 g/mol. The molecule has 2 aromatic rings. The van der Waals surface area contributed by atoms with Gasteiger partial charge >= 0.3 is 0 Å². The SMILES string of the molecule is CO[C@@H]1CN[C@@H](C(=O)N[C@@H](C)c2ccccc2-n2cccn2)C1. The van der Waals surface area contributed by atoms with Gasteiger partial charge in [0, 0.05) is 26.0 Å². The fourth-order valence-electron chi connectivity index (χ4n) is 2.95. The standard InChI is InChI=1S/C17H22N4O2/c1-12(20-17(22)15-10-13(23-2)11-18-15)14-6-3-4-7-16(14)21-9-5-8-19-21/h3-9,12-13,15,18H,10-11H2,1-2H3,(H,20,22)/t12-,13-,15+/m0/s1. The van der Waals surface area contributed by atoms with Crippen LogP contribution in [0.2, 0.25) is 0 Å². The Hall–Kier alpha value is -2.18. The number of nitrogens with one attached hydrogen (secondary N) is 2. The van der Waals surface area contributed by atoms with Crippen molar-refractivity contribution in [3.63, 3.8) is 0 Å². The molecular formula is C17H22N4O2. The first-order valence-electron chi connectivity index (χ1n) is 7.84. The summed E-state index contributed by atoms with van der Waals surface area (Å²) in [4.78, 5) is 12.4. The Morgan fingerprint density at radius 3 is 2.96 bits per heavy atom. The minimum atomic E-state index is -0.195. The van der Waals surface area contributed by atoms with E-state index in [0.29, 0.717) is 13.0 Å². The topological polar surface area (TPSA) is 68.2 Å². The zero-order valence-electron chi connectivity index (χ0n) is 13.4. The van der Waals surface area contributed by atoms with Crippen LogP contribution in [0.3, 0.4) is 0 Å². The number of ether oxygens (including phenoxy) is 1. The fraction of sp³-hybridized carbons (Fsp3) is 0.412. The van der Waals surface area contributed by atoms with E-state index in [1.807, 2.05) is 48.1 Å². The van der Waals surface area contributed by atoms with Crippen molar-refractivity contribution in [2.75, 3.05) is 13.7 Å². The molecule has 1 aliphatic rings. The summed E-state index contributed by atoms with van der Waals surface area (Å²) < 4.78 is 7.11. The summed E-state index contributed by atoms with van der Waals surface area (Å²) in [5.74, 6) is 0.00678. The van der Waals surface area contributed by atoms with Crippen LogP contribution in [0.15, 0.2) is 42.7 Å². The van der Waals surface area contributed by atoms with Crippen LogP contribution in [0.25, 0.3) is 5.69 Å². The molecule has 0 spiro atoms. The number of nitrogens with zero attached hydrogens (tertiary/aromatic N) is 2. The number of rotatable bonds is 5. The number of para-hydroxylation sites is 1. The summed E-state index contributed by atoms with van der Waals surface area (Å²) >= 11 is 0. The third kappa shape index (κ3) is 3.43. The number of carbonyl (C=O) groups excluding carboxylic acids is 1. The number of hydrogen-bond acceptors (Lipinski definition) is 4. The second-order valence-electron chi connectivity index (χ2n) is 5.79. The third-order valence-electron chi connectivity index (χ3n) is 4.25. The van der Waals surface area contributed by atoms with Crippen LogP contribution in [0.1, 0.15) is 24.9 Å². The molecule has 122 valence electrons. The zero-order valence-corrected chi connectivity index (χ0v) is 13.4. The van der Waals surface area contributed by atoms with Crippen LogP contribution >= 0.6 is 0 Å². The van der Waals surface area contributed by atoms with Crippen molar-refractivity contribution in [2.45, 2.75) is 31.5 Å². The highest BCUT2D eigenvalue weighted by Crippen LogP contribution is 2.21. The molecule has 1 saturated heterocycles. The van der Waals surface area contributed by atoms with Crippen molar-refractivity contribution in [3.05, 3.63) is 48.3 Å². The van der Waals surface area contributed by atoms with Gasteiger partial charge in [0.05, 0.1) is 23.9 Å². The largest absolute Gasteiger partial charge is 0.380 e. The average molecular weight is 314 g/mol. The van der Waals surface area contributed by atoms with Gasteiger partial charge in [0.15, 0.2) is 0 Å². The highest BCUT2D eigenvalue weighted by atomic mass is 16.5. The lowest BCUT2D eigenvalue weighted by atomic mass is 10.1. The quantitative estimate of drug-likeness (QED) is 0.876. The Kier molecular flexibility index (Phi) is 4.73. The molecule has 6 nitrogen and oxygen atoms in total. The zero-order chi connectivity index (χ0) is 16.2. The van der Waals surface area contributed by atoms with E-state index in [2.05, 4.69) is 15.7 Å². The van der Waals surface area contributed by atoms with Crippen molar-refractivity contribution in [1.29, 1.82) is 0 Å². The summed E-state index contributed by atoms with van der Waals surface area (Å²) in [5.41, 5.74) is 2.00. The molecule has 0 saturated carbocycles. The molecule has 0 aliphatic carbocycles. The Morgan fingerprint density at radius 1 is 1.43 bits per heavy atom. The van der Waals surface area contributed by atoms with Gasteiger partial charge in [-0.3, -0.25) is 4.79 Å². The number of amides is 1. The lowest BCUT2D eigenvalue weighted by molar-refractivity contribution is -0.123. The summed E-state index contributed by atoms with van der Waals surface area (Å²) in [7, 11) is 1.68. The normalized spacial score (nSPS) is 22.0. The van der Waals surface area contributed by atoms with E-state index in [4.69, 9.17) is 4.74 Å². The van der Waals surface area contributed by atoms with E-state index < -0.39 is 0 Å². The average Bonchev–Trinajstić information content (AvgIpc) is 3.26. The Balaban J connectivity index is 1.72. The molecule has 23 heavy (non-hydrogen) atoms. The second kappa shape index (κ2) is 6.93. The molecule has 2 N–H and O–H groups in total. The van der Waals surface area contributed by atoms with E-state index >= 15 is 0 Å². The van der Waals surface area contributed by atoms with E-state index in [9.17, 15) is 4.79 Å². The molecule has 3 rings (SSSR count). The van der Waals surface area contributed by atoms with Gasteiger partial charge in [0.1, 0.15) is 0 Å². The summed E-state index contributed by atoms with van der Waals surface area (Å²) in [6, 6.07) is 9.54. The lowest BCUT2D eigenvalue weighted by Crippen LogP contribution is -2.41. The maximum Gasteiger partial charge on any atom is 0.237 e. The molecule has 6 heteroatoms. The molecule has 1 amide bonds. The maximum absolute atomic E-state index is 12.4. The molecular weight excluding hydrogens is 292 g/mol. The smallest absolute Gasteiger partial charge is 0.237 e. The molecule has 0 unspecified atom stereocenters. The maximum atomic E-state index is 12.4. The Bertz CT molecular complexity index is 656. The minimum absolute atomic E-state index is 0.00678. The van der Waals surface area contributed by atoms with E-state index in [-0.39, 0.29) is 24.1 Å². The number of benzene rings is 1. The van der Waals surface area contributed by atoms with Crippen LogP contribution in [0.4, 0.5) is 0 Å². The summed E-state index contributed by atoms with van der Waals surface area (Å²) in [6.45, 7) is 2.70. The van der Waals surface area contributed by atoms with Crippen molar-refractivity contribution in [1.82, 2.24) is 20.4 Å². The number of aromatic nitrogens is 2. The number of methoxy groups -OCH3 is 1. The van der Waals surface area contributed by atoms with Gasteiger partial charge in [0.25, 0.3) is 0 Å². The van der Waals surface area contributed by atoms with Gasteiger partial charge in [0.2, 0.25) is 5.91 Å². The summed E-state index contributed by atoms with van der Waals surface area (Å²) in [6.07, 6.45) is 4.45. The van der Waals surface area contributed by atoms with Crippen LogP contribution in [0.5, 0.6) is 0 Å². The fourth-order valence-corrected chi connectivity index (χ4v) is 2.95. The van der Waals surface area contributed by atoms with Crippen LogP contribution < -0.4 is 10.6 Å². The van der Waals surface area contributed by atoms with Crippen LogP contribution in [-0.2, 0) is 9.53 Å². The molecule has 0 radical (unpaired) electrons. The first-order valence-corrected chi connectivity index (χ1v) is 7.84. The Morgan fingerprint density at radius 2 is 2.26 bits per heavy atom. The van der Waals surface area contributed by atoms with Crippen molar-refractivity contribution < 1.29 is 9.53 Å². The van der Waals surface area contributed by atoms with Gasteiger partial charge < -0.3 is 15.4 Å². The number of carbonyl (C=O) groups is 1. The van der Waals surface area contributed by atoms with Gasteiger partial charge in [-0.05, 0) is 31.0 Å². The predicted molar refractivity (Wildman–Crippen MR) is 87.3 cm³/mol. The van der Waals surface area contributed by atoms with Crippen molar-refractivity contribution in [2.24, 2.45) is 0 Å². The van der Waals surface area contributed by atoms with Crippen LogP contribution in [-0.4, -0.2) is 41.5 Å². The molecule has 1 aromatic carbocycles. The highest BCUT2D eigenvalue weighted by Gasteiger charge is 2.30. The second-order valence-corrected chi connectivity index (χ2v) is 5.79. The van der Waals surface area contributed by atoms with Gasteiger partial charge in [-0.15, -0.1) is 0 Å². The van der Waals surface area contributed by atoms with Crippen molar-refractivity contribution in [3.8, 4) is 5.69 Å². The van der Waals surface area contributed by atoms with Gasteiger partial charge in [-0.2, -0.15) is 5.10 Å². The minimum Gasteiger partial charge on any atom is -0.380 e. The first-order chi connectivity index (χ1) is 11.2. The Labute approximate surface area is 135 Å². The van der Waals surface area contributed by atoms with E-state index in [0.717, 1.165) is 11.3 Å².